The number of nitrogens with zero attached hydrogens (tertiary/aromatic N) is 1. The molecule has 0 spiro atoms. The molecule has 226 valence electrons. The molecule has 48 heavy (non-hydrogen) atoms. The lowest BCUT2D eigenvalue weighted by Gasteiger charge is -2.05. The van der Waals surface area contributed by atoms with Crippen LogP contribution in [-0.2, 0) is 0 Å². The molecular weight excluding hydrogens is 585 g/mol. The molecule has 9 rings (SSSR count). The fourth-order valence-corrected chi connectivity index (χ4v) is 6.92. The molecule has 0 saturated heterocycles. The molecule has 0 fully saturated rings. The first-order valence-electron chi connectivity index (χ1n) is 16.2. The smallest absolute Gasteiger partial charge is 0.140 e. The summed E-state index contributed by atoms with van der Waals surface area (Å²) >= 11 is 0. The maximum absolute atomic E-state index is 5.35. The summed E-state index contributed by atoms with van der Waals surface area (Å²) in [7, 11) is 0. The van der Waals surface area contributed by atoms with Crippen molar-refractivity contribution in [1.29, 1.82) is 0 Å². The van der Waals surface area contributed by atoms with Crippen molar-refractivity contribution >= 4 is 45.3 Å². The van der Waals surface area contributed by atoms with Crippen molar-refractivity contribution in [3.63, 3.8) is 0 Å². The second-order valence-corrected chi connectivity index (χ2v) is 12.0. The monoisotopic (exact) mass is 615 g/mol. The standard InChI is InChI=1S/C44H31N4/c1-5-13-29(14-6-1)41-33-21-23-35(45-33)42(30-15-7-2-8-16-30)37-25-27-39(47-37)44(32-19-11-4-12-20-32)40-28-26-38(48-40)43(31-17-9-3-10-18-31)36-24-22-34(41)46-36/h1-28,45-47H/q+1. The summed E-state index contributed by atoms with van der Waals surface area (Å²) in [4.78, 5) is 16.8. The third-order valence-corrected chi connectivity index (χ3v) is 9.08. The predicted octanol–water partition coefficient (Wildman–Crippen LogP) is 11.6. The number of rotatable bonds is 4. The van der Waals surface area contributed by atoms with Gasteiger partial charge in [0.25, 0.3) is 0 Å². The second-order valence-electron chi connectivity index (χ2n) is 12.0. The summed E-state index contributed by atoms with van der Waals surface area (Å²) in [6.45, 7) is 0. The van der Waals surface area contributed by atoms with Gasteiger partial charge in [-0.25, -0.2) is 4.98 Å². The van der Waals surface area contributed by atoms with Gasteiger partial charge in [0.2, 0.25) is 0 Å². The van der Waals surface area contributed by atoms with E-state index in [2.05, 4.69) is 185 Å². The maximum Gasteiger partial charge on any atom is 0.140 e. The highest BCUT2D eigenvalue weighted by molar-refractivity contribution is 6.01. The summed E-state index contributed by atoms with van der Waals surface area (Å²) in [6, 6.07) is 55.3. The average molecular weight is 616 g/mol. The second kappa shape index (κ2) is 11.7. The van der Waals surface area contributed by atoms with E-state index in [1.54, 1.807) is 0 Å². The van der Waals surface area contributed by atoms with Crippen LogP contribution in [0.3, 0.4) is 0 Å². The van der Waals surface area contributed by atoms with Crippen LogP contribution in [-0.4, -0.2) is 19.9 Å². The van der Waals surface area contributed by atoms with Crippen LogP contribution < -0.4 is 0 Å². The van der Waals surface area contributed by atoms with Crippen molar-refractivity contribution < 1.29 is 0 Å². The number of benzene rings is 4. The van der Waals surface area contributed by atoms with Crippen LogP contribution in [0.4, 0.5) is 0 Å². The van der Waals surface area contributed by atoms with Crippen LogP contribution in [0, 0.1) is 0 Å². The molecular formula is C44H31N4+. The Morgan fingerprint density at radius 3 is 1.31 bits per heavy atom. The van der Waals surface area contributed by atoms with Gasteiger partial charge < -0.3 is 15.0 Å². The van der Waals surface area contributed by atoms with Crippen LogP contribution in [0.15, 0.2) is 158 Å². The Morgan fingerprint density at radius 1 is 0.375 bits per heavy atom. The number of hydrogen-bond donors (Lipinski definition) is 3. The highest BCUT2D eigenvalue weighted by Gasteiger charge is 2.20. The Bertz CT molecular complexity index is 2400. The van der Waals surface area contributed by atoms with Gasteiger partial charge in [-0.1, -0.05) is 91.0 Å². The molecule has 4 aromatic heterocycles. The molecule has 0 saturated carbocycles. The van der Waals surface area contributed by atoms with Gasteiger partial charge in [-0.05, 0) is 71.3 Å². The normalized spacial score (nSPS) is 11.7. The minimum atomic E-state index is 0.914. The van der Waals surface area contributed by atoms with Crippen molar-refractivity contribution in [2.45, 2.75) is 0 Å². The van der Waals surface area contributed by atoms with E-state index in [4.69, 9.17) is 4.98 Å². The van der Waals surface area contributed by atoms with Crippen LogP contribution >= 0.6 is 0 Å². The first kappa shape index (κ1) is 27.8. The number of nitrogens with one attached hydrogen (secondary N) is 3. The highest BCUT2D eigenvalue weighted by atomic mass is 14.8. The highest BCUT2D eigenvalue weighted by Crippen LogP contribution is 2.37. The van der Waals surface area contributed by atoms with Gasteiger partial charge in [-0.3, -0.25) is 0 Å². The summed E-state index contributed by atoms with van der Waals surface area (Å²) in [5.41, 5.74) is 16.7. The summed E-state index contributed by atoms with van der Waals surface area (Å²) in [5.74, 6) is 0. The van der Waals surface area contributed by atoms with E-state index in [0.717, 1.165) is 89.0 Å². The molecule has 0 aliphatic carbocycles. The van der Waals surface area contributed by atoms with Crippen LogP contribution in [0.5, 0.6) is 0 Å². The number of aromatic amines is 3. The fourth-order valence-electron chi connectivity index (χ4n) is 6.92. The van der Waals surface area contributed by atoms with E-state index in [-0.39, 0.29) is 0 Å². The number of H-pyrrole nitrogens is 3. The predicted molar refractivity (Wildman–Crippen MR) is 201 cm³/mol. The topological polar surface area (TPSA) is 60.3 Å². The molecule has 4 aromatic carbocycles. The van der Waals surface area contributed by atoms with E-state index in [0.29, 0.717) is 0 Å². The molecule has 4 heteroatoms. The van der Waals surface area contributed by atoms with E-state index < -0.39 is 0 Å². The van der Waals surface area contributed by atoms with Gasteiger partial charge in [0.15, 0.2) is 0 Å². The van der Waals surface area contributed by atoms with Gasteiger partial charge in [-0.2, -0.15) is 0 Å². The zero-order valence-corrected chi connectivity index (χ0v) is 26.1. The van der Waals surface area contributed by atoms with Gasteiger partial charge in [0.1, 0.15) is 16.8 Å². The molecule has 4 nitrogen and oxygen atoms in total. The van der Waals surface area contributed by atoms with Crippen molar-refractivity contribution in [1.82, 2.24) is 19.9 Å². The van der Waals surface area contributed by atoms with Gasteiger partial charge >= 0.3 is 0 Å². The van der Waals surface area contributed by atoms with Crippen molar-refractivity contribution in [2.75, 3.05) is 0 Å². The first-order valence-corrected chi connectivity index (χ1v) is 16.2. The Hall–Kier alpha value is -6.52. The molecule has 0 radical (unpaired) electrons. The van der Waals surface area contributed by atoms with Crippen molar-refractivity contribution in [3.8, 4) is 44.5 Å². The molecule has 0 atom stereocenters. The lowest BCUT2D eigenvalue weighted by atomic mass is 10.0. The Morgan fingerprint density at radius 2 is 0.792 bits per heavy atom. The minimum Gasteiger partial charge on any atom is -0.354 e. The van der Waals surface area contributed by atoms with E-state index in [1.807, 2.05) is 0 Å². The van der Waals surface area contributed by atoms with Gasteiger partial charge in [0.05, 0.1) is 16.8 Å². The Balaban J connectivity index is 1.49. The molecule has 5 heterocycles. The van der Waals surface area contributed by atoms with Crippen LogP contribution in [0.1, 0.15) is 11.4 Å². The zero-order chi connectivity index (χ0) is 31.9. The quantitative estimate of drug-likeness (QED) is 0.170. The molecule has 1 aliphatic heterocycles. The van der Waals surface area contributed by atoms with E-state index >= 15 is 0 Å². The zero-order valence-electron chi connectivity index (χ0n) is 26.1. The van der Waals surface area contributed by atoms with Crippen molar-refractivity contribution in [3.05, 3.63) is 169 Å². The lowest BCUT2D eigenvalue weighted by molar-refractivity contribution is 1.32. The lowest BCUT2D eigenvalue weighted by Crippen LogP contribution is -1.88. The molecule has 0 amide bonds. The molecule has 0 unspecified atom stereocenters. The number of hydrogen-bond acceptors (Lipinski definition) is 1. The molecule has 8 aromatic rings. The average Bonchev–Trinajstić information content (AvgIpc) is 3.98. The van der Waals surface area contributed by atoms with Crippen LogP contribution in [0.2, 0.25) is 0 Å². The van der Waals surface area contributed by atoms with E-state index in [1.165, 1.54) is 0 Å². The number of fused-ring (bicyclic) bond motifs is 8. The van der Waals surface area contributed by atoms with Gasteiger partial charge in [-0.15, -0.1) is 0 Å². The van der Waals surface area contributed by atoms with Gasteiger partial charge in [0, 0.05) is 63.0 Å². The Kier molecular flexibility index (Phi) is 6.76. The molecule has 8 bridgehead atoms. The Labute approximate surface area is 278 Å². The number of aromatic nitrogens is 4. The summed E-state index contributed by atoms with van der Waals surface area (Å²) in [5, 5.41) is 0. The fraction of sp³-hybridized carbons (Fsp3) is 0. The minimum absolute atomic E-state index is 0.914. The largest absolute Gasteiger partial charge is 0.354 e. The third-order valence-electron chi connectivity index (χ3n) is 9.08. The summed E-state index contributed by atoms with van der Waals surface area (Å²) in [6.07, 6.45) is 4.28. The van der Waals surface area contributed by atoms with Crippen molar-refractivity contribution in [2.24, 2.45) is 0 Å². The molecule has 1 aliphatic rings. The first-order chi connectivity index (χ1) is 23.8. The van der Waals surface area contributed by atoms with E-state index in [9.17, 15) is 0 Å². The third kappa shape index (κ3) is 4.88. The maximum atomic E-state index is 5.35. The molecule has 3 N–H and O–H groups in total. The van der Waals surface area contributed by atoms with Crippen LogP contribution in [0.25, 0.3) is 89.8 Å². The summed E-state index contributed by atoms with van der Waals surface area (Å²) < 4.78 is 0. The SMILES string of the molecule is C1=Cc2nc1c(-c1ccccc1)c1ccc([nH]1)c(-c1ccccc1)c1ccc([nH]1)c(-c1ccccc1)c1ccc([nH]1)[c+]2-c1ccccc1.